The van der Waals surface area contributed by atoms with Crippen molar-refractivity contribution in [2.75, 3.05) is 39.3 Å². The van der Waals surface area contributed by atoms with Crippen LogP contribution in [-0.4, -0.2) is 77.7 Å². The van der Waals surface area contributed by atoms with Crippen LogP contribution >= 0.6 is 0 Å². The van der Waals surface area contributed by atoms with Gasteiger partial charge >= 0.3 is 6.09 Å². The molecular weight excluding hydrogens is 374 g/mol. The second kappa shape index (κ2) is 10.2. The quantitative estimate of drug-likeness (QED) is 0.706. The van der Waals surface area contributed by atoms with Crippen LogP contribution in [0.4, 0.5) is 4.79 Å². The van der Waals surface area contributed by atoms with Gasteiger partial charge in [0.15, 0.2) is 0 Å². The number of hydrogen-bond donors (Lipinski definition) is 2. The van der Waals surface area contributed by atoms with Gasteiger partial charge in [0, 0.05) is 32.2 Å². The summed E-state index contributed by atoms with van der Waals surface area (Å²) in [6.45, 7) is 6.03. The van der Waals surface area contributed by atoms with Crippen LogP contribution in [0.1, 0.15) is 26.3 Å². The minimum Gasteiger partial charge on any atom is -0.444 e. The van der Waals surface area contributed by atoms with Crippen molar-refractivity contribution in [3.8, 4) is 0 Å². The molecule has 1 fully saturated rings. The maximum Gasteiger partial charge on any atom is 0.410 e. The van der Waals surface area contributed by atoms with Crippen LogP contribution in [0.5, 0.6) is 0 Å². The smallest absolute Gasteiger partial charge is 0.410 e. The summed E-state index contributed by atoms with van der Waals surface area (Å²) >= 11 is 0. The number of rotatable bonds is 7. The van der Waals surface area contributed by atoms with Crippen molar-refractivity contribution in [2.45, 2.75) is 32.8 Å². The molecule has 29 heavy (non-hydrogen) atoms. The first-order valence-electron chi connectivity index (χ1n) is 9.85. The highest BCUT2D eigenvalue weighted by Crippen LogP contribution is 2.12. The maximum absolute atomic E-state index is 12.3. The molecule has 0 aromatic heterocycles. The number of benzene rings is 1. The topological polar surface area (TPSA) is 99.2 Å². The highest BCUT2D eigenvalue weighted by atomic mass is 16.6. The Morgan fingerprint density at radius 2 is 1.90 bits per heavy atom. The molecule has 0 spiro atoms. The molecule has 0 radical (unpaired) electrons. The number of nitrogens with one attached hydrogen (secondary N) is 1. The van der Waals surface area contributed by atoms with Crippen molar-refractivity contribution >= 4 is 17.9 Å². The Bertz CT molecular complexity index is 702. The van der Waals surface area contributed by atoms with Gasteiger partial charge in [-0.15, -0.1) is 0 Å². The molecule has 0 saturated carbocycles. The van der Waals surface area contributed by atoms with Gasteiger partial charge in [-0.3, -0.25) is 14.5 Å². The first-order valence-corrected chi connectivity index (χ1v) is 9.85. The number of ether oxygens (including phenoxy) is 1. The normalized spacial score (nSPS) is 15.8. The number of carbonyl (C=O) groups is 3. The Kier molecular flexibility index (Phi) is 8.01. The molecule has 160 valence electrons. The highest BCUT2D eigenvalue weighted by Gasteiger charge is 2.31. The summed E-state index contributed by atoms with van der Waals surface area (Å²) in [7, 11) is 0. The molecule has 1 heterocycles. The van der Waals surface area contributed by atoms with Crippen LogP contribution in [0.3, 0.4) is 0 Å². The lowest BCUT2D eigenvalue weighted by Gasteiger charge is -2.34. The van der Waals surface area contributed by atoms with Crippen molar-refractivity contribution < 1.29 is 24.2 Å². The van der Waals surface area contributed by atoms with E-state index < -0.39 is 11.7 Å². The van der Waals surface area contributed by atoms with E-state index in [4.69, 9.17) is 4.74 Å². The molecule has 0 bridgehead atoms. The summed E-state index contributed by atoms with van der Waals surface area (Å²) < 4.78 is 5.28. The molecule has 1 aliphatic heterocycles. The minimum atomic E-state index is -0.625. The van der Waals surface area contributed by atoms with Crippen LogP contribution in [0.15, 0.2) is 30.3 Å². The van der Waals surface area contributed by atoms with Crippen LogP contribution in [0, 0.1) is 5.92 Å². The standard InChI is InChI=1S/C21H31N3O5/c1-21(2,3)29-20(28)24-10-9-23(19(27)14-24)13-18(26)22-12-17(15-25)11-16-7-5-4-6-8-16/h4-8,17,25H,9-15H2,1-3H3,(H,22,26)/t17-/m0/s1. The largest absolute Gasteiger partial charge is 0.444 e. The third kappa shape index (κ3) is 7.73. The van der Waals surface area contributed by atoms with Gasteiger partial charge < -0.3 is 20.1 Å². The van der Waals surface area contributed by atoms with Crippen molar-refractivity contribution in [1.82, 2.24) is 15.1 Å². The van der Waals surface area contributed by atoms with E-state index in [1.54, 1.807) is 20.8 Å². The second-order valence-corrected chi connectivity index (χ2v) is 8.26. The molecule has 0 unspecified atom stereocenters. The SMILES string of the molecule is CC(C)(C)OC(=O)N1CCN(CC(=O)NC[C@@H](CO)Cc2ccccc2)C(=O)C1. The van der Waals surface area contributed by atoms with Crippen LogP contribution < -0.4 is 5.32 Å². The van der Waals surface area contributed by atoms with Gasteiger partial charge in [-0.05, 0) is 32.8 Å². The molecule has 3 amide bonds. The summed E-state index contributed by atoms with van der Waals surface area (Å²) in [4.78, 5) is 39.4. The molecule has 2 rings (SSSR count). The van der Waals surface area contributed by atoms with Gasteiger partial charge in [0.25, 0.3) is 0 Å². The molecule has 1 aromatic rings. The lowest BCUT2D eigenvalue weighted by molar-refractivity contribution is -0.140. The second-order valence-electron chi connectivity index (χ2n) is 8.26. The predicted octanol–water partition coefficient (Wildman–Crippen LogP) is 1.03. The first kappa shape index (κ1) is 22.7. The van der Waals surface area contributed by atoms with Crippen LogP contribution in [0.2, 0.25) is 0 Å². The molecular formula is C21H31N3O5. The highest BCUT2D eigenvalue weighted by molar-refractivity contribution is 5.88. The van der Waals surface area contributed by atoms with Crippen LogP contribution in [-0.2, 0) is 20.7 Å². The van der Waals surface area contributed by atoms with Crippen molar-refractivity contribution in [1.29, 1.82) is 0 Å². The molecule has 1 atom stereocenters. The summed E-state index contributed by atoms with van der Waals surface area (Å²) in [5.41, 5.74) is 0.467. The Labute approximate surface area is 171 Å². The Morgan fingerprint density at radius 1 is 1.21 bits per heavy atom. The Hall–Kier alpha value is -2.61. The summed E-state index contributed by atoms with van der Waals surface area (Å²) in [5, 5.41) is 12.3. The Morgan fingerprint density at radius 3 is 2.48 bits per heavy atom. The number of piperazine rings is 1. The summed E-state index contributed by atoms with van der Waals surface area (Å²) in [5.74, 6) is -0.670. The Balaban J connectivity index is 1.76. The van der Waals surface area contributed by atoms with Gasteiger partial charge in [0.2, 0.25) is 11.8 Å². The fourth-order valence-corrected chi connectivity index (χ4v) is 2.99. The number of hydrogen-bond acceptors (Lipinski definition) is 5. The van der Waals surface area contributed by atoms with E-state index in [2.05, 4.69) is 5.32 Å². The monoisotopic (exact) mass is 405 g/mol. The lowest BCUT2D eigenvalue weighted by Crippen LogP contribution is -2.55. The third-order valence-corrected chi connectivity index (χ3v) is 4.52. The lowest BCUT2D eigenvalue weighted by atomic mass is 10.00. The molecule has 8 nitrogen and oxygen atoms in total. The van der Waals surface area contributed by atoms with Gasteiger partial charge in [-0.1, -0.05) is 30.3 Å². The van der Waals surface area contributed by atoms with E-state index >= 15 is 0 Å². The van der Waals surface area contributed by atoms with Crippen molar-refractivity contribution in [3.63, 3.8) is 0 Å². The third-order valence-electron chi connectivity index (χ3n) is 4.52. The molecule has 1 aromatic carbocycles. The van der Waals surface area contributed by atoms with E-state index in [1.807, 2.05) is 30.3 Å². The molecule has 1 saturated heterocycles. The summed E-state index contributed by atoms with van der Waals surface area (Å²) in [6, 6.07) is 9.76. The fourth-order valence-electron chi connectivity index (χ4n) is 2.99. The van der Waals surface area contributed by atoms with E-state index in [0.29, 0.717) is 19.5 Å². The summed E-state index contributed by atoms with van der Waals surface area (Å²) in [6.07, 6.45) is 0.132. The van der Waals surface area contributed by atoms with Gasteiger partial charge in [0.05, 0.1) is 6.54 Å². The number of carbonyl (C=O) groups excluding carboxylic acids is 3. The zero-order chi connectivity index (χ0) is 21.4. The van der Waals surface area contributed by atoms with Crippen LogP contribution in [0.25, 0.3) is 0 Å². The molecule has 2 N–H and O–H groups in total. The van der Waals surface area contributed by atoms with Crippen molar-refractivity contribution in [3.05, 3.63) is 35.9 Å². The molecule has 1 aliphatic rings. The minimum absolute atomic E-state index is 0.0390. The van der Waals surface area contributed by atoms with Gasteiger partial charge in [-0.2, -0.15) is 0 Å². The van der Waals surface area contributed by atoms with E-state index in [1.165, 1.54) is 9.80 Å². The number of aliphatic hydroxyl groups is 1. The van der Waals surface area contributed by atoms with E-state index in [9.17, 15) is 19.5 Å². The predicted molar refractivity (Wildman–Crippen MR) is 108 cm³/mol. The zero-order valence-electron chi connectivity index (χ0n) is 17.4. The average Bonchev–Trinajstić information content (AvgIpc) is 2.66. The number of aliphatic hydroxyl groups excluding tert-OH is 1. The zero-order valence-corrected chi connectivity index (χ0v) is 17.4. The average molecular weight is 405 g/mol. The van der Waals surface area contributed by atoms with Gasteiger partial charge in [0.1, 0.15) is 12.1 Å². The number of amides is 3. The molecule has 8 heteroatoms. The van der Waals surface area contributed by atoms with Crippen molar-refractivity contribution in [2.24, 2.45) is 5.92 Å². The van der Waals surface area contributed by atoms with Gasteiger partial charge in [-0.25, -0.2) is 4.79 Å². The number of nitrogens with zero attached hydrogens (tertiary/aromatic N) is 2. The first-order chi connectivity index (χ1) is 13.7. The van der Waals surface area contributed by atoms with E-state index in [-0.39, 0.29) is 44.0 Å². The maximum atomic E-state index is 12.3. The fraction of sp³-hybridized carbons (Fsp3) is 0.571. The molecule has 0 aliphatic carbocycles. The van der Waals surface area contributed by atoms with E-state index in [0.717, 1.165) is 5.56 Å².